The molecular formula is C18H22N2O4. The Bertz CT molecular complexity index is 621. The molecule has 6 heteroatoms. The van der Waals surface area contributed by atoms with Crippen LogP contribution in [0.15, 0.2) is 30.3 Å². The predicted molar refractivity (Wildman–Crippen MR) is 87.1 cm³/mol. The number of amides is 2. The van der Waals surface area contributed by atoms with Gasteiger partial charge in [0.15, 0.2) is 0 Å². The smallest absolute Gasteiger partial charge is 0.417 e. The summed E-state index contributed by atoms with van der Waals surface area (Å²) < 4.78 is 5.08. The minimum absolute atomic E-state index is 0.0547. The Morgan fingerprint density at radius 3 is 2.54 bits per heavy atom. The van der Waals surface area contributed by atoms with Crippen molar-refractivity contribution in [2.24, 2.45) is 11.7 Å². The lowest BCUT2D eigenvalue weighted by atomic mass is 9.83. The van der Waals surface area contributed by atoms with E-state index in [2.05, 4.69) is 0 Å². The standard InChI is InChI=1S/C18H22N2O4/c19-16(13-6-8-15(21)9-7-13)17(22)20-14(11-24-18(20)23)10-12-4-2-1-3-5-12/h1-5,13-14,16H,6-11,19H2/t14-,16-/m0/s1. The van der Waals surface area contributed by atoms with Crippen LogP contribution in [0.5, 0.6) is 0 Å². The van der Waals surface area contributed by atoms with Gasteiger partial charge in [0.2, 0.25) is 5.91 Å². The average molecular weight is 330 g/mol. The summed E-state index contributed by atoms with van der Waals surface area (Å²) in [6.07, 6.45) is 2.07. The van der Waals surface area contributed by atoms with Crippen LogP contribution in [0.3, 0.4) is 0 Å². The molecule has 1 saturated heterocycles. The molecule has 2 fully saturated rings. The van der Waals surface area contributed by atoms with E-state index in [1.54, 1.807) is 0 Å². The predicted octanol–water partition coefficient (Wildman–Crippen LogP) is 1.66. The molecule has 3 rings (SSSR count). The van der Waals surface area contributed by atoms with E-state index in [0.29, 0.717) is 32.1 Å². The highest BCUT2D eigenvalue weighted by molar-refractivity contribution is 5.96. The molecule has 1 aromatic rings. The molecule has 128 valence electrons. The molecule has 0 aromatic heterocycles. The summed E-state index contributed by atoms with van der Waals surface area (Å²) in [5.74, 6) is -0.229. The van der Waals surface area contributed by atoms with Crippen LogP contribution in [0.2, 0.25) is 0 Å². The molecule has 1 aromatic carbocycles. The number of ether oxygens (including phenoxy) is 1. The molecule has 24 heavy (non-hydrogen) atoms. The molecule has 2 aliphatic rings. The quantitative estimate of drug-likeness (QED) is 0.907. The number of hydrogen-bond acceptors (Lipinski definition) is 5. The largest absolute Gasteiger partial charge is 0.447 e. The van der Waals surface area contributed by atoms with Gasteiger partial charge in [0.1, 0.15) is 12.4 Å². The number of nitrogens with zero attached hydrogens (tertiary/aromatic N) is 1. The van der Waals surface area contributed by atoms with Gasteiger partial charge in [0.25, 0.3) is 0 Å². The minimum Gasteiger partial charge on any atom is -0.447 e. The molecule has 2 N–H and O–H groups in total. The number of Topliss-reactive ketones (excluding diaryl/α,β-unsaturated/α-hetero) is 1. The molecule has 0 spiro atoms. The van der Waals surface area contributed by atoms with Gasteiger partial charge < -0.3 is 10.5 Å². The van der Waals surface area contributed by atoms with Gasteiger partial charge in [-0.3, -0.25) is 9.59 Å². The lowest BCUT2D eigenvalue weighted by Crippen LogP contribution is -2.52. The fourth-order valence-electron chi connectivity index (χ4n) is 3.45. The Hall–Kier alpha value is -2.21. The Balaban J connectivity index is 1.69. The third-order valence-electron chi connectivity index (χ3n) is 4.89. The third-order valence-corrected chi connectivity index (χ3v) is 4.89. The highest BCUT2D eigenvalue weighted by atomic mass is 16.6. The Kier molecular flexibility index (Phi) is 4.94. The number of benzene rings is 1. The molecule has 1 aliphatic heterocycles. The van der Waals surface area contributed by atoms with Crippen molar-refractivity contribution in [3.63, 3.8) is 0 Å². The molecule has 0 unspecified atom stereocenters. The average Bonchev–Trinajstić information content (AvgIpc) is 2.95. The molecule has 0 bridgehead atoms. The summed E-state index contributed by atoms with van der Waals surface area (Å²) in [7, 11) is 0. The highest BCUT2D eigenvalue weighted by Crippen LogP contribution is 2.26. The molecular weight excluding hydrogens is 308 g/mol. The zero-order chi connectivity index (χ0) is 17.1. The van der Waals surface area contributed by atoms with Crippen molar-refractivity contribution in [3.05, 3.63) is 35.9 Å². The molecule has 1 aliphatic carbocycles. The van der Waals surface area contributed by atoms with Crippen LogP contribution in [0, 0.1) is 5.92 Å². The molecule has 6 nitrogen and oxygen atoms in total. The van der Waals surface area contributed by atoms with E-state index < -0.39 is 18.0 Å². The first-order valence-corrected chi connectivity index (χ1v) is 8.37. The van der Waals surface area contributed by atoms with Crippen LogP contribution in [-0.4, -0.2) is 41.4 Å². The Labute approximate surface area is 140 Å². The van der Waals surface area contributed by atoms with Gasteiger partial charge in [-0.15, -0.1) is 0 Å². The maximum absolute atomic E-state index is 12.8. The summed E-state index contributed by atoms with van der Waals surface area (Å²) in [6, 6.07) is 8.58. The second-order valence-electron chi connectivity index (χ2n) is 6.53. The Morgan fingerprint density at radius 2 is 1.88 bits per heavy atom. The van der Waals surface area contributed by atoms with Gasteiger partial charge in [-0.1, -0.05) is 30.3 Å². The van der Waals surface area contributed by atoms with E-state index in [1.807, 2.05) is 30.3 Å². The molecule has 2 amide bonds. The van der Waals surface area contributed by atoms with Crippen molar-refractivity contribution in [2.75, 3.05) is 6.61 Å². The topological polar surface area (TPSA) is 89.7 Å². The fourth-order valence-corrected chi connectivity index (χ4v) is 3.45. The minimum atomic E-state index is -0.762. The van der Waals surface area contributed by atoms with Crippen molar-refractivity contribution in [1.82, 2.24) is 4.90 Å². The second-order valence-corrected chi connectivity index (χ2v) is 6.53. The van der Waals surface area contributed by atoms with Crippen molar-refractivity contribution < 1.29 is 19.1 Å². The summed E-state index contributed by atoms with van der Waals surface area (Å²) in [4.78, 5) is 37.3. The van der Waals surface area contributed by atoms with Gasteiger partial charge >= 0.3 is 6.09 Å². The monoisotopic (exact) mass is 330 g/mol. The molecule has 2 atom stereocenters. The van der Waals surface area contributed by atoms with Crippen molar-refractivity contribution in [2.45, 2.75) is 44.2 Å². The summed E-state index contributed by atoms with van der Waals surface area (Å²) >= 11 is 0. The maximum Gasteiger partial charge on any atom is 0.417 e. The molecule has 0 radical (unpaired) electrons. The maximum atomic E-state index is 12.8. The number of imide groups is 1. The van der Waals surface area contributed by atoms with Gasteiger partial charge in [0.05, 0.1) is 12.1 Å². The van der Waals surface area contributed by atoms with Crippen LogP contribution >= 0.6 is 0 Å². The van der Waals surface area contributed by atoms with E-state index in [9.17, 15) is 14.4 Å². The van der Waals surface area contributed by atoms with Gasteiger partial charge in [-0.05, 0) is 30.7 Å². The highest BCUT2D eigenvalue weighted by Gasteiger charge is 2.42. The number of carbonyl (C=O) groups is 3. The lowest BCUT2D eigenvalue weighted by Gasteiger charge is -2.29. The summed E-state index contributed by atoms with van der Waals surface area (Å²) in [5, 5.41) is 0. The first-order chi connectivity index (χ1) is 11.6. The van der Waals surface area contributed by atoms with E-state index >= 15 is 0 Å². The van der Waals surface area contributed by atoms with Gasteiger partial charge in [-0.2, -0.15) is 0 Å². The van der Waals surface area contributed by atoms with Crippen molar-refractivity contribution in [1.29, 1.82) is 0 Å². The van der Waals surface area contributed by atoms with E-state index in [4.69, 9.17) is 10.5 Å². The SMILES string of the molecule is N[C@H](C(=O)N1C(=O)OC[C@@H]1Cc1ccccc1)C1CCC(=O)CC1. The first-order valence-electron chi connectivity index (χ1n) is 8.37. The third kappa shape index (κ3) is 3.48. The number of rotatable bonds is 4. The Morgan fingerprint density at radius 1 is 1.21 bits per heavy atom. The van der Waals surface area contributed by atoms with E-state index in [0.717, 1.165) is 5.56 Å². The number of nitrogens with two attached hydrogens (primary N) is 1. The van der Waals surface area contributed by atoms with Crippen LogP contribution in [0.4, 0.5) is 4.79 Å². The second kappa shape index (κ2) is 7.13. The zero-order valence-corrected chi connectivity index (χ0v) is 13.5. The fraction of sp³-hybridized carbons (Fsp3) is 0.500. The van der Waals surface area contributed by atoms with Crippen molar-refractivity contribution in [3.8, 4) is 0 Å². The summed E-state index contributed by atoms with van der Waals surface area (Å²) in [5.41, 5.74) is 7.16. The number of ketones is 1. The normalized spacial score (nSPS) is 23.2. The number of carbonyl (C=O) groups excluding carboxylic acids is 3. The van der Waals surface area contributed by atoms with Crippen LogP contribution in [0.1, 0.15) is 31.2 Å². The number of cyclic esters (lactones) is 1. The van der Waals surface area contributed by atoms with E-state index in [-0.39, 0.29) is 24.3 Å². The van der Waals surface area contributed by atoms with E-state index in [1.165, 1.54) is 4.90 Å². The van der Waals surface area contributed by atoms with Crippen molar-refractivity contribution >= 4 is 17.8 Å². The summed E-state index contributed by atoms with van der Waals surface area (Å²) in [6.45, 7) is 0.190. The van der Waals surface area contributed by atoms with Crippen LogP contribution < -0.4 is 5.73 Å². The van der Waals surface area contributed by atoms with Gasteiger partial charge in [0, 0.05) is 12.8 Å². The van der Waals surface area contributed by atoms with Crippen LogP contribution in [0.25, 0.3) is 0 Å². The zero-order valence-electron chi connectivity index (χ0n) is 13.5. The lowest BCUT2D eigenvalue weighted by molar-refractivity contribution is -0.133. The molecule has 1 saturated carbocycles. The van der Waals surface area contributed by atoms with Gasteiger partial charge in [-0.25, -0.2) is 9.69 Å². The number of hydrogen-bond donors (Lipinski definition) is 1. The molecule has 1 heterocycles. The first kappa shape index (κ1) is 16.6. The van der Waals surface area contributed by atoms with Crippen LogP contribution in [-0.2, 0) is 20.7 Å².